The van der Waals surface area contributed by atoms with Gasteiger partial charge in [0.2, 0.25) is 0 Å². The number of likely N-dealkylation sites (tertiary alicyclic amines) is 1. The van der Waals surface area contributed by atoms with Crippen molar-refractivity contribution in [1.82, 2.24) is 4.90 Å². The van der Waals surface area contributed by atoms with Crippen LogP contribution in [0.15, 0.2) is 0 Å². The van der Waals surface area contributed by atoms with Crippen LogP contribution in [0.4, 0.5) is 0 Å². The lowest BCUT2D eigenvalue weighted by atomic mass is 9.80. The monoisotopic (exact) mass is 210 g/mol. The summed E-state index contributed by atoms with van der Waals surface area (Å²) in [7, 11) is 0. The molecule has 1 saturated carbocycles. The van der Waals surface area contributed by atoms with Crippen molar-refractivity contribution in [3.8, 4) is 0 Å². The van der Waals surface area contributed by atoms with Gasteiger partial charge in [0.05, 0.1) is 0 Å². The number of piperidine rings is 1. The van der Waals surface area contributed by atoms with Crippen LogP contribution >= 0.6 is 0 Å². The van der Waals surface area contributed by atoms with E-state index in [1.54, 1.807) is 0 Å². The minimum absolute atomic E-state index is 0.257. The van der Waals surface area contributed by atoms with Crippen molar-refractivity contribution in [2.45, 2.75) is 52.0 Å². The zero-order chi connectivity index (χ0) is 11.1. The van der Waals surface area contributed by atoms with E-state index in [0.29, 0.717) is 5.41 Å². The van der Waals surface area contributed by atoms with Crippen molar-refractivity contribution in [2.24, 2.45) is 17.1 Å². The topological polar surface area (TPSA) is 29.3 Å². The quantitative estimate of drug-likeness (QED) is 0.774. The van der Waals surface area contributed by atoms with Gasteiger partial charge in [0.25, 0.3) is 0 Å². The lowest BCUT2D eigenvalue weighted by molar-refractivity contribution is 0.0205. The van der Waals surface area contributed by atoms with E-state index in [2.05, 4.69) is 25.7 Å². The average molecular weight is 210 g/mol. The van der Waals surface area contributed by atoms with Crippen molar-refractivity contribution in [3.05, 3.63) is 0 Å². The highest BCUT2D eigenvalue weighted by atomic mass is 15.2. The van der Waals surface area contributed by atoms with Crippen molar-refractivity contribution in [1.29, 1.82) is 0 Å². The smallest absolute Gasteiger partial charge is 0.0357 e. The van der Waals surface area contributed by atoms with Gasteiger partial charge >= 0.3 is 0 Å². The van der Waals surface area contributed by atoms with Crippen LogP contribution < -0.4 is 5.73 Å². The van der Waals surface area contributed by atoms with Gasteiger partial charge in [-0.1, -0.05) is 13.8 Å². The predicted octanol–water partition coefficient (Wildman–Crippen LogP) is 2.24. The molecule has 0 spiro atoms. The maximum absolute atomic E-state index is 6.06. The molecule has 1 atom stereocenters. The predicted molar refractivity (Wildman–Crippen MR) is 64.8 cm³/mol. The Bertz CT molecular complexity index is 227. The molecular formula is C13H26N2. The van der Waals surface area contributed by atoms with E-state index in [0.717, 1.165) is 12.5 Å². The summed E-state index contributed by atoms with van der Waals surface area (Å²) < 4.78 is 0. The Balaban J connectivity index is 2.06. The Morgan fingerprint density at radius 1 is 1.33 bits per heavy atom. The molecule has 1 aliphatic carbocycles. The first-order chi connectivity index (χ1) is 7.02. The fourth-order valence-corrected chi connectivity index (χ4v) is 2.99. The van der Waals surface area contributed by atoms with E-state index in [4.69, 9.17) is 5.73 Å². The second-order valence-corrected chi connectivity index (χ2v) is 6.21. The van der Waals surface area contributed by atoms with E-state index in [1.807, 2.05) is 0 Å². The summed E-state index contributed by atoms with van der Waals surface area (Å²) >= 11 is 0. The third-order valence-electron chi connectivity index (χ3n) is 5.18. The number of nitrogens with two attached hydrogens (primary N) is 1. The van der Waals surface area contributed by atoms with Gasteiger partial charge in [0.1, 0.15) is 0 Å². The summed E-state index contributed by atoms with van der Waals surface area (Å²) in [5, 5.41) is 0. The van der Waals surface area contributed by atoms with Crippen LogP contribution in [0.3, 0.4) is 0 Å². The van der Waals surface area contributed by atoms with Gasteiger partial charge in [-0.25, -0.2) is 0 Å². The van der Waals surface area contributed by atoms with E-state index >= 15 is 0 Å². The van der Waals surface area contributed by atoms with E-state index in [9.17, 15) is 0 Å². The van der Waals surface area contributed by atoms with Gasteiger partial charge in [0, 0.05) is 12.1 Å². The Hall–Kier alpha value is -0.0800. The maximum Gasteiger partial charge on any atom is 0.0357 e. The molecule has 1 aliphatic heterocycles. The van der Waals surface area contributed by atoms with Crippen LogP contribution in [0, 0.1) is 11.3 Å². The first-order valence-corrected chi connectivity index (χ1v) is 6.47. The molecule has 0 aromatic carbocycles. The van der Waals surface area contributed by atoms with Gasteiger partial charge in [-0.15, -0.1) is 0 Å². The summed E-state index contributed by atoms with van der Waals surface area (Å²) in [6.45, 7) is 10.5. The third-order valence-corrected chi connectivity index (χ3v) is 5.18. The maximum atomic E-state index is 6.06. The molecule has 0 aromatic rings. The van der Waals surface area contributed by atoms with Gasteiger partial charge in [-0.05, 0) is 57.0 Å². The van der Waals surface area contributed by atoms with E-state index in [-0.39, 0.29) is 5.54 Å². The summed E-state index contributed by atoms with van der Waals surface area (Å²) in [6, 6.07) is 0. The average Bonchev–Trinajstić information content (AvgIpc) is 2.98. The number of hydrogen-bond acceptors (Lipinski definition) is 2. The van der Waals surface area contributed by atoms with Gasteiger partial charge in [-0.2, -0.15) is 0 Å². The van der Waals surface area contributed by atoms with E-state index in [1.165, 1.54) is 38.8 Å². The zero-order valence-corrected chi connectivity index (χ0v) is 10.6. The highest BCUT2D eigenvalue weighted by Gasteiger charge is 2.55. The van der Waals surface area contributed by atoms with Crippen molar-refractivity contribution < 1.29 is 0 Å². The second kappa shape index (κ2) is 3.74. The van der Waals surface area contributed by atoms with Crippen molar-refractivity contribution >= 4 is 0 Å². The Morgan fingerprint density at radius 2 is 1.87 bits per heavy atom. The van der Waals surface area contributed by atoms with Crippen LogP contribution in [0.2, 0.25) is 0 Å². The van der Waals surface area contributed by atoms with Crippen LogP contribution in [-0.4, -0.2) is 30.1 Å². The van der Waals surface area contributed by atoms with E-state index < -0.39 is 0 Å². The Morgan fingerprint density at radius 3 is 2.27 bits per heavy atom. The first-order valence-electron chi connectivity index (χ1n) is 6.47. The van der Waals surface area contributed by atoms with Crippen molar-refractivity contribution in [3.63, 3.8) is 0 Å². The number of nitrogens with zero attached hydrogens (tertiary/aromatic N) is 1. The molecule has 0 bridgehead atoms. The molecular weight excluding hydrogens is 184 g/mol. The highest BCUT2D eigenvalue weighted by molar-refractivity contribution is 5.10. The van der Waals surface area contributed by atoms with Crippen LogP contribution in [0.5, 0.6) is 0 Å². The van der Waals surface area contributed by atoms with Crippen molar-refractivity contribution in [2.75, 3.05) is 19.6 Å². The second-order valence-electron chi connectivity index (χ2n) is 6.21. The summed E-state index contributed by atoms with van der Waals surface area (Å²) in [5.74, 6) is 0.912. The summed E-state index contributed by atoms with van der Waals surface area (Å²) in [4.78, 5) is 2.67. The molecule has 2 aliphatic rings. The molecule has 1 saturated heterocycles. The molecule has 2 fully saturated rings. The van der Waals surface area contributed by atoms with Crippen LogP contribution in [0.25, 0.3) is 0 Å². The highest BCUT2D eigenvalue weighted by Crippen LogP contribution is 2.55. The third kappa shape index (κ3) is 1.83. The van der Waals surface area contributed by atoms with Gasteiger partial charge in [-0.3, -0.25) is 4.90 Å². The standard InChI is InChI=1S/C13H26N2/c1-11-4-8-15(9-5-11)13(3,10-14)12(2)6-7-12/h11H,4-10,14H2,1-3H3. The largest absolute Gasteiger partial charge is 0.329 e. The molecule has 2 N–H and O–H groups in total. The summed E-state index contributed by atoms with van der Waals surface area (Å²) in [6.07, 6.45) is 5.44. The van der Waals surface area contributed by atoms with Gasteiger partial charge < -0.3 is 5.73 Å². The SMILES string of the molecule is CC1CCN(C(C)(CN)C2(C)CC2)CC1. The Kier molecular flexibility index (Phi) is 2.85. The molecule has 0 amide bonds. The normalized spacial score (nSPS) is 31.2. The minimum atomic E-state index is 0.257. The lowest BCUT2D eigenvalue weighted by Crippen LogP contribution is -2.59. The van der Waals surface area contributed by atoms with Gasteiger partial charge in [0.15, 0.2) is 0 Å². The first kappa shape index (κ1) is 11.4. The molecule has 0 radical (unpaired) electrons. The molecule has 2 nitrogen and oxygen atoms in total. The molecule has 2 rings (SSSR count). The molecule has 0 aromatic heterocycles. The zero-order valence-electron chi connectivity index (χ0n) is 10.6. The number of hydrogen-bond donors (Lipinski definition) is 1. The van der Waals surface area contributed by atoms with Crippen LogP contribution in [0.1, 0.15) is 46.5 Å². The molecule has 2 heteroatoms. The summed E-state index contributed by atoms with van der Waals surface area (Å²) in [5.41, 5.74) is 6.82. The molecule has 88 valence electrons. The lowest BCUT2D eigenvalue weighted by Gasteiger charge is -2.48. The molecule has 15 heavy (non-hydrogen) atoms. The fourth-order valence-electron chi connectivity index (χ4n) is 2.99. The molecule has 1 heterocycles. The number of rotatable bonds is 3. The fraction of sp³-hybridized carbons (Fsp3) is 1.00. The molecule has 1 unspecified atom stereocenters. The van der Waals surface area contributed by atoms with Crippen LogP contribution in [-0.2, 0) is 0 Å². The minimum Gasteiger partial charge on any atom is -0.329 e. The Labute approximate surface area is 94.2 Å².